The molecule has 0 saturated carbocycles. The third-order valence-electron chi connectivity index (χ3n) is 18.6. The molecule has 602 valence electrons. The Hall–Kier alpha value is -7.40. The monoisotopic (exact) mass is 1480 g/mol. The Morgan fingerprint density at radius 2 is 0.682 bits per heavy atom. The Kier molecular flexibility index (Phi) is 53.7. The van der Waals surface area contributed by atoms with Crippen LogP contribution >= 0.6 is 0 Å². The molecule has 2 unspecified atom stereocenters. The van der Waals surface area contributed by atoms with Crippen molar-refractivity contribution in [2.75, 3.05) is 36.0 Å². The molecule has 4 aliphatic rings. The zero-order valence-electron chi connectivity index (χ0n) is 69.7. The van der Waals surface area contributed by atoms with Gasteiger partial charge in [0, 0.05) is 58.6 Å². The Balaban J connectivity index is -0.000000613. The largest absolute Gasteiger partial charge is 0.491 e. The summed E-state index contributed by atoms with van der Waals surface area (Å²) >= 11 is 0. The summed E-state index contributed by atoms with van der Waals surface area (Å²) in [6, 6.07) is 26.8. The van der Waals surface area contributed by atoms with Crippen LogP contribution in [0.2, 0.25) is 0 Å². The number of nitrogens with zero attached hydrogens (tertiary/aromatic N) is 2. The second kappa shape index (κ2) is 54.2. The topological polar surface area (TPSA) is 152 Å². The van der Waals surface area contributed by atoms with E-state index in [-0.39, 0.29) is 73.1 Å². The maximum absolute atomic E-state index is 11.8. The van der Waals surface area contributed by atoms with Gasteiger partial charge in [-0.25, -0.2) is 0 Å². The standard InChI is InChI=1S/C20H24O2.C19H23NO2.C19H22O2.C18H21NO3.8C2H6.4CH4/c1-12(2)9-14-7-8-15-5-4-6-16(18(15)10-14)11-17-13(3)19(21)20(17)22;1-12(2)10-14-4-5-15-6-8-20(9-7-16(15)11-14)17-13(3)18(21)19(17)22;1-11(2)8-13-4-5-14-6-7-15(17(14)9-13)10-16-12(3)18(20)19(16)21;1-11(2)8-13-4-5-15-14(9-13)10-19(6-7-22-15)16-12(3)17(20)18(16)21;8*1-2;;;;/h7-8,10,12,16H,4-6,9,11H2,1-3H3;4-5,11-12H,6-10H2,1-3H3;4-5,9,11,15H,6-8,10H2,1-3H3;4-5,9,11H,6-8,10H2,1-3H3;8*1-2H3;4*1H4. The first kappa shape index (κ1) is 106. The highest BCUT2D eigenvalue weighted by Gasteiger charge is 2.30. The van der Waals surface area contributed by atoms with Crippen molar-refractivity contribution in [2.45, 2.75) is 325 Å². The summed E-state index contributed by atoms with van der Waals surface area (Å²) in [6.07, 6.45) is 13.3. The van der Waals surface area contributed by atoms with E-state index >= 15 is 0 Å². The molecule has 0 aromatic heterocycles. The molecule has 0 bridgehead atoms. The van der Waals surface area contributed by atoms with Crippen molar-refractivity contribution in [2.24, 2.45) is 23.7 Å². The SMILES string of the molecule is C.C.C.C.CC.CC.CC.CC.CC.CC.CC.CC.Cc1c(CC2CCCc3ccc(CC(C)C)cc32)c(=O)c1=O.Cc1c(CC2CCc3ccc(CC(C)C)cc32)c(=O)c1=O.Cc1c(N2CCOc3ccc(CC(C)C)cc3C2)c(=O)c1=O.Cc1c(N2CCc3ccc(CC(C)C)cc3CC2)c(=O)c1=O. The van der Waals surface area contributed by atoms with Crippen LogP contribution in [-0.4, -0.2) is 26.2 Å². The Labute approximate surface area is 652 Å². The van der Waals surface area contributed by atoms with Gasteiger partial charge in [0.05, 0.1) is 17.9 Å². The minimum atomic E-state index is -0.362. The van der Waals surface area contributed by atoms with E-state index in [1.54, 1.807) is 27.7 Å². The molecule has 11 heteroatoms. The van der Waals surface area contributed by atoms with Gasteiger partial charge >= 0.3 is 0 Å². The molecule has 12 rings (SSSR count). The number of ether oxygens (including phenoxy) is 1. The van der Waals surface area contributed by atoms with Gasteiger partial charge in [-0.05, 0) is 208 Å². The Morgan fingerprint density at radius 3 is 1.07 bits per heavy atom. The maximum Gasteiger partial charge on any atom is 0.249 e. The molecule has 0 amide bonds. The van der Waals surface area contributed by atoms with Crippen molar-refractivity contribution in [3.05, 3.63) is 249 Å². The molecule has 107 heavy (non-hydrogen) atoms. The van der Waals surface area contributed by atoms with Crippen LogP contribution in [0.1, 0.15) is 322 Å². The average Bonchev–Trinajstić information content (AvgIpc) is 1.76. The second-order valence-corrected chi connectivity index (χ2v) is 27.3. The quantitative estimate of drug-likeness (QED) is 0.0956. The summed E-state index contributed by atoms with van der Waals surface area (Å²) in [4.78, 5) is 96.8. The molecule has 2 aliphatic carbocycles. The van der Waals surface area contributed by atoms with Gasteiger partial charge in [-0.15, -0.1) is 0 Å². The van der Waals surface area contributed by atoms with E-state index in [0.29, 0.717) is 88.8 Å². The van der Waals surface area contributed by atoms with Crippen LogP contribution in [0.25, 0.3) is 0 Å². The van der Waals surface area contributed by atoms with Crippen LogP contribution in [0.5, 0.6) is 5.75 Å². The second-order valence-electron chi connectivity index (χ2n) is 27.3. The molecule has 0 N–H and O–H groups in total. The normalized spacial score (nSPS) is 13.8. The maximum atomic E-state index is 11.8. The third kappa shape index (κ3) is 28.5. The zero-order chi connectivity index (χ0) is 78.7. The summed E-state index contributed by atoms with van der Waals surface area (Å²) in [5.74, 6) is 4.25. The summed E-state index contributed by atoms with van der Waals surface area (Å²) in [5.41, 5.74) is 18.0. The number of fused-ring (bicyclic) bond motifs is 4. The predicted octanol–water partition coefficient (Wildman–Crippen LogP) is 21.9. The lowest BCUT2D eigenvalue weighted by molar-refractivity contribution is 0.331. The lowest BCUT2D eigenvalue weighted by Gasteiger charge is -2.27. The van der Waals surface area contributed by atoms with Crippen LogP contribution in [-0.2, 0) is 70.8 Å². The van der Waals surface area contributed by atoms with Crippen molar-refractivity contribution >= 4 is 11.4 Å². The van der Waals surface area contributed by atoms with Crippen LogP contribution in [0.3, 0.4) is 0 Å². The minimum Gasteiger partial charge on any atom is -0.491 e. The predicted molar refractivity (Wildman–Crippen MR) is 472 cm³/mol. The molecule has 0 radical (unpaired) electrons. The van der Waals surface area contributed by atoms with E-state index in [0.717, 1.165) is 113 Å². The third-order valence-corrected chi connectivity index (χ3v) is 18.6. The number of benzene rings is 4. The number of hydrogen-bond acceptors (Lipinski definition) is 11. The fourth-order valence-electron chi connectivity index (χ4n) is 14.0. The van der Waals surface area contributed by atoms with Crippen molar-refractivity contribution in [1.29, 1.82) is 0 Å². The lowest BCUT2D eigenvalue weighted by atomic mass is 9.77. The van der Waals surface area contributed by atoms with Gasteiger partial charge in [-0.1, -0.05) is 263 Å². The number of rotatable bonds is 14. The van der Waals surface area contributed by atoms with E-state index in [9.17, 15) is 38.4 Å². The molecule has 8 aromatic rings. The van der Waals surface area contributed by atoms with Crippen LogP contribution in [0.15, 0.2) is 111 Å². The summed E-state index contributed by atoms with van der Waals surface area (Å²) in [5, 5.41) is 0. The highest BCUT2D eigenvalue weighted by Crippen LogP contribution is 2.38. The molecule has 2 atom stereocenters. The number of hydrogen-bond donors (Lipinski definition) is 0. The van der Waals surface area contributed by atoms with Crippen LogP contribution in [0, 0.1) is 51.4 Å². The highest BCUT2D eigenvalue weighted by atomic mass is 16.5. The summed E-state index contributed by atoms with van der Waals surface area (Å²) in [7, 11) is 0. The Morgan fingerprint density at radius 1 is 0.346 bits per heavy atom. The first-order chi connectivity index (χ1) is 49.4. The Bertz CT molecular complexity index is 4100. The van der Waals surface area contributed by atoms with Crippen LogP contribution < -0.4 is 58.0 Å². The summed E-state index contributed by atoms with van der Waals surface area (Å²) in [6.45, 7) is 60.3. The molecule has 0 saturated heterocycles. The van der Waals surface area contributed by atoms with E-state index in [1.807, 2.05) is 122 Å². The van der Waals surface area contributed by atoms with Gasteiger partial charge in [0.2, 0.25) is 43.4 Å². The smallest absolute Gasteiger partial charge is 0.249 e. The van der Waals surface area contributed by atoms with Gasteiger partial charge in [0.25, 0.3) is 0 Å². The van der Waals surface area contributed by atoms with Crippen molar-refractivity contribution < 1.29 is 4.74 Å². The van der Waals surface area contributed by atoms with Gasteiger partial charge in [0.1, 0.15) is 12.4 Å². The van der Waals surface area contributed by atoms with E-state index < -0.39 is 0 Å². The average molecular weight is 1480 g/mol. The van der Waals surface area contributed by atoms with Gasteiger partial charge < -0.3 is 14.5 Å². The fraction of sp³-hybridized carbons (Fsp3) is 0.583. The summed E-state index contributed by atoms with van der Waals surface area (Å²) < 4.78 is 5.79. The van der Waals surface area contributed by atoms with Crippen LogP contribution in [0.4, 0.5) is 11.4 Å². The molecular weight excluding hydrogens is 1330 g/mol. The molecule has 11 nitrogen and oxygen atoms in total. The molecule has 2 aliphatic heterocycles. The van der Waals surface area contributed by atoms with E-state index in [1.165, 1.54) is 62.1 Å². The molecule has 0 fully saturated rings. The van der Waals surface area contributed by atoms with E-state index in [2.05, 4.69) is 127 Å². The van der Waals surface area contributed by atoms with Crippen molar-refractivity contribution in [3.63, 3.8) is 0 Å². The fourth-order valence-corrected chi connectivity index (χ4v) is 14.0. The number of aryl methyl sites for hydroxylation is 2. The lowest BCUT2D eigenvalue weighted by Crippen LogP contribution is -2.43. The first-order valence-electron chi connectivity index (χ1n) is 40.1. The molecule has 8 aromatic carbocycles. The van der Waals surface area contributed by atoms with Gasteiger partial charge in [0.15, 0.2) is 0 Å². The van der Waals surface area contributed by atoms with Gasteiger partial charge in [-0.3, -0.25) is 38.4 Å². The highest BCUT2D eigenvalue weighted by molar-refractivity contribution is 5.60. The van der Waals surface area contributed by atoms with E-state index in [4.69, 9.17) is 4.74 Å². The molecule has 2 heterocycles. The molecular formula is C96H154N2O9. The first-order valence-corrected chi connectivity index (χ1v) is 40.1. The zero-order valence-corrected chi connectivity index (χ0v) is 69.7. The molecule has 0 spiro atoms. The van der Waals surface area contributed by atoms with Crippen molar-refractivity contribution in [1.82, 2.24) is 0 Å². The number of anilines is 2. The minimum absolute atomic E-state index is 0. The van der Waals surface area contributed by atoms with Gasteiger partial charge in [-0.2, -0.15) is 0 Å². The van der Waals surface area contributed by atoms with Crippen molar-refractivity contribution in [3.8, 4) is 5.75 Å².